The van der Waals surface area contributed by atoms with E-state index in [9.17, 15) is 0 Å². The van der Waals surface area contributed by atoms with E-state index in [-0.39, 0.29) is 0 Å². The highest BCUT2D eigenvalue weighted by Crippen LogP contribution is 2.34. The molecule has 0 amide bonds. The molecular formula is C12H13N3O. The standard InChI is InChI=1S/C12H13N3O/c1-16-12-9(5-3-7-15-12)8-4-2-6-10(13)11(8)14/h2-7H,13-14H2,1H3. The molecule has 0 bridgehead atoms. The van der Waals surface area contributed by atoms with Gasteiger partial charge in [0.25, 0.3) is 0 Å². The number of nitrogens with two attached hydrogens (primary N) is 2. The van der Waals surface area contributed by atoms with Crippen molar-refractivity contribution in [1.82, 2.24) is 4.98 Å². The van der Waals surface area contributed by atoms with Crippen LogP contribution in [0.4, 0.5) is 11.4 Å². The van der Waals surface area contributed by atoms with Crippen molar-refractivity contribution in [3.8, 4) is 17.0 Å². The van der Waals surface area contributed by atoms with Crippen LogP contribution in [0.25, 0.3) is 11.1 Å². The lowest BCUT2D eigenvalue weighted by Crippen LogP contribution is -1.98. The number of nitrogen functional groups attached to an aromatic ring is 2. The Bertz CT molecular complexity index is 511. The van der Waals surface area contributed by atoms with Gasteiger partial charge in [-0.1, -0.05) is 12.1 Å². The summed E-state index contributed by atoms with van der Waals surface area (Å²) in [5, 5.41) is 0. The highest BCUT2D eigenvalue weighted by atomic mass is 16.5. The molecule has 4 nitrogen and oxygen atoms in total. The molecule has 1 aromatic heterocycles. The summed E-state index contributed by atoms with van der Waals surface area (Å²) in [5.74, 6) is 0.541. The number of benzene rings is 1. The Hall–Kier alpha value is -2.23. The van der Waals surface area contributed by atoms with Gasteiger partial charge in [0.15, 0.2) is 0 Å². The van der Waals surface area contributed by atoms with Gasteiger partial charge in [0.1, 0.15) is 0 Å². The van der Waals surface area contributed by atoms with Crippen LogP contribution < -0.4 is 16.2 Å². The number of methoxy groups -OCH3 is 1. The lowest BCUT2D eigenvalue weighted by molar-refractivity contribution is 0.399. The fourth-order valence-electron chi connectivity index (χ4n) is 1.58. The average Bonchev–Trinajstić information content (AvgIpc) is 2.33. The summed E-state index contributed by atoms with van der Waals surface area (Å²) in [6, 6.07) is 9.25. The van der Waals surface area contributed by atoms with Gasteiger partial charge in [-0.25, -0.2) is 4.98 Å². The van der Waals surface area contributed by atoms with Gasteiger partial charge >= 0.3 is 0 Å². The number of ether oxygens (including phenoxy) is 1. The van der Waals surface area contributed by atoms with Gasteiger partial charge < -0.3 is 16.2 Å². The van der Waals surface area contributed by atoms with Crippen LogP contribution in [0.2, 0.25) is 0 Å². The summed E-state index contributed by atoms with van der Waals surface area (Å²) in [5.41, 5.74) is 14.5. The molecular weight excluding hydrogens is 202 g/mol. The van der Waals surface area contributed by atoms with Gasteiger partial charge in [0, 0.05) is 17.3 Å². The highest BCUT2D eigenvalue weighted by molar-refractivity contribution is 5.86. The molecule has 4 heteroatoms. The number of para-hydroxylation sites is 1. The van der Waals surface area contributed by atoms with E-state index in [1.165, 1.54) is 0 Å². The minimum absolute atomic E-state index is 0.541. The minimum Gasteiger partial charge on any atom is -0.481 e. The summed E-state index contributed by atoms with van der Waals surface area (Å²) < 4.78 is 5.19. The topological polar surface area (TPSA) is 74.2 Å². The first kappa shape index (κ1) is 10.3. The maximum Gasteiger partial charge on any atom is 0.221 e. The predicted octanol–water partition coefficient (Wildman–Crippen LogP) is 1.92. The zero-order valence-corrected chi connectivity index (χ0v) is 8.97. The van der Waals surface area contributed by atoms with Gasteiger partial charge in [0.05, 0.1) is 18.5 Å². The molecule has 1 heterocycles. The van der Waals surface area contributed by atoms with Crippen molar-refractivity contribution in [2.75, 3.05) is 18.6 Å². The van der Waals surface area contributed by atoms with Crippen LogP contribution in [0.5, 0.6) is 5.88 Å². The molecule has 4 N–H and O–H groups in total. The molecule has 0 atom stereocenters. The second kappa shape index (κ2) is 4.10. The number of hydrogen-bond acceptors (Lipinski definition) is 4. The minimum atomic E-state index is 0.541. The van der Waals surface area contributed by atoms with E-state index in [0.717, 1.165) is 11.1 Å². The quantitative estimate of drug-likeness (QED) is 0.750. The molecule has 0 spiro atoms. The van der Waals surface area contributed by atoms with Gasteiger partial charge in [-0.3, -0.25) is 0 Å². The van der Waals surface area contributed by atoms with Crippen molar-refractivity contribution in [3.63, 3.8) is 0 Å². The van der Waals surface area contributed by atoms with Crippen molar-refractivity contribution in [1.29, 1.82) is 0 Å². The van der Waals surface area contributed by atoms with E-state index in [1.54, 1.807) is 19.4 Å². The predicted molar refractivity (Wildman–Crippen MR) is 65.0 cm³/mol. The van der Waals surface area contributed by atoms with Gasteiger partial charge in [-0.15, -0.1) is 0 Å². The Morgan fingerprint density at radius 2 is 1.81 bits per heavy atom. The molecule has 2 aromatic rings. The third kappa shape index (κ3) is 1.65. The van der Waals surface area contributed by atoms with Crippen molar-refractivity contribution in [2.45, 2.75) is 0 Å². The number of rotatable bonds is 2. The smallest absolute Gasteiger partial charge is 0.221 e. The Balaban J connectivity index is 2.63. The summed E-state index contributed by atoms with van der Waals surface area (Å²) in [6.45, 7) is 0. The first-order chi connectivity index (χ1) is 7.74. The fraction of sp³-hybridized carbons (Fsp3) is 0.0833. The average molecular weight is 215 g/mol. The monoisotopic (exact) mass is 215 g/mol. The van der Waals surface area contributed by atoms with Gasteiger partial charge in [0.2, 0.25) is 5.88 Å². The second-order valence-electron chi connectivity index (χ2n) is 3.37. The van der Waals surface area contributed by atoms with E-state index >= 15 is 0 Å². The van der Waals surface area contributed by atoms with E-state index in [4.69, 9.17) is 16.2 Å². The van der Waals surface area contributed by atoms with Crippen LogP contribution in [0, 0.1) is 0 Å². The van der Waals surface area contributed by atoms with Gasteiger partial charge in [-0.2, -0.15) is 0 Å². The van der Waals surface area contributed by atoms with Crippen LogP contribution in [-0.4, -0.2) is 12.1 Å². The molecule has 0 unspecified atom stereocenters. The first-order valence-corrected chi connectivity index (χ1v) is 4.87. The summed E-state index contributed by atoms with van der Waals surface area (Å²) in [4.78, 5) is 4.13. The third-order valence-electron chi connectivity index (χ3n) is 2.39. The molecule has 0 radical (unpaired) electrons. The third-order valence-corrected chi connectivity index (χ3v) is 2.39. The van der Waals surface area contributed by atoms with E-state index in [1.807, 2.05) is 24.3 Å². The summed E-state index contributed by atoms with van der Waals surface area (Å²) >= 11 is 0. The Morgan fingerprint density at radius 3 is 2.56 bits per heavy atom. The first-order valence-electron chi connectivity index (χ1n) is 4.87. The number of aromatic nitrogens is 1. The van der Waals surface area contributed by atoms with E-state index in [0.29, 0.717) is 17.3 Å². The maximum atomic E-state index is 5.93. The summed E-state index contributed by atoms with van der Waals surface area (Å²) in [6.07, 6.45) is 1.67. The van der Waals surface area contributed by atoms with Crippen molar-refractivity contribution < 1.29 is 4.74 Å². The molecule has 0 saturated heterocycles. The molecule has 0 saturated carbocycles. The van der Waals surface area contributed by atoms with Crippen LogP contribution in [0.3, 0.4) is 0 Å². The lowest BCUT2D eigenvalue weighted by atomic mass is 10.0. The molecule has 16 heavy (non-hydrogen) atoms. The lowest BCUT2D eigenvalue weighted by Gasteiger charge is -2.10. The number of nitrogens with zero attached hydrogens (tertiary/aromatic N) is 1. The van der Waals surface area contributed by atoms with Crippen molar-refractivity contribution in [2.24, 2.45) is 0 Å². The largest absolute Gasteiger partial charge is 0.481 e. The zero-order chi connectivity index (χ0) is 11.5. The maximum absolute atomic E-state index is 5.93. The zero-order valence-electron chi connectivity index (χ0n) is 8.97. The van der Waals surface area contributed by atoms with E-state index < -0.39 is 0 Å². The Labute approximate surface area is 93.9 Å². The normalized spacial score (nSPS) is 10.1. The fourth-order valence-corrected chi connectivity index (χ4v) is 1.58. The van der Waals surface area contributed by atoms with Crippen molar-refractivity contribution in [3.05, 3.63) is 36.5 Å². The van der Waals surface area contributed by atoms with Crippen LogP contribution in [0.15, 0.2) is 36.5 Å². The Kier molecular flexibility index (Phi) is 2.64. The summed E-state index contributed by atoms with van der Waals surface area (Å²) in [7, 11) is 1.58. The Morgan fingerprint density at radius 1 is 1.06 bits per heavy atom. The highest BCUT2D eigenvalue weighted by Gasteiger charge is 2.10. The molecule has 1 aromatic carbocycles. The molecule has 82 valence electrons. The van der Waals surface area contributed by atoms with Crippen LogP contribution >= 0.6 is 0 Å². The van der Waals surface area contributed by atoms with Gasteiger partial charge in [-0.05, 0) is 18.2 Å². The number of hydrogen-bond donors (Lipinski definition) is 2. The molecule has 0 aliphatic carbocycles. The number of anilines is 2. The molecule has 0 aliphatic rings. The van der Waals surface area contributed by atoms with Crippen LogP contribution in [0.1, 0.15) is 0 Å². The van der Waals surface area contributed by atoms with E-state index in [2.05, 4.69) is 4.98 Å². The van der Waals surface area contributed by atoms with Crippen molar-refractivity contribution >= 4 is 11.4 Å². The SMILES string of the molecule is COc1ncccc1-c1cccc(N)c1N. The number of pyridine rings is 1. The van der Waals surface area contributed by atoms with Crippen LogP contribution in [-0.2, 0) is 0 Å². The molecule has 0 fully saturated rings. The second-order valence-corrected chi connectivity index (χ2v) is 3.37. The molecule has 2 rings (SSSR count). The molecule has 0 aliphatic heterocycles.